The highest BCUT2D eigenvalue weighted by atomic mass is 35.5. The molecular weight excluding hydrogens is 308 g/mol. The predicted octanol–water partition coefficient (Wildman–Crippen LogP) is 2.30. The molecule has 1 rings (SSSR count). The van der Waals surface area contributed by atoms with Gasteiger partial charge in [0.05, 0.1) is 5.75 Å². The van der Waals surface area contributed by atoms with Crippen LogP contribution in [0.1, 0.15) is 18.9 Å². The molecule has 1 atom stereocenters. The van der Waals surface area contributed by atoms with Gasteiger partial charge in [-0.2, -0.15) is 0 Å². The van der Waals surface area contributed by atoms with Gasteiger partial charge in [0.2, 0.25) is 10.0 Å². The maximum absolute atomic E-state index is 11.8. The highest BCUT2D eigenvalue weighted by Crippen LogP contribution is 2.04. The predicted molar refractivity (Wildman–Crippen MR) is 89.1 cm³/mol. The quantitative estimate of drug-likeness (QED) is 0.528. The van der Waals surface area contributed by atoms with E-state index < -0.39 is 10.0 Å². The third kappa shape index (κ3) is 8.41. The molecule has 0 radical (unpaired) electrons. The van der Waals surface area contributed by atoms with Gasteiger partial charge in [-0.1, -0.05) is 37.3 Å². The normalized spacial score (nSPS) is 13.5. The van der Waals surface area contributed by atoms with E-state index in [-0.39, 0.29) is 11.7 Å². The maximum Gasteiger partial charge on any atom is 0.211 e. The summed E-state index contributed by atoms with van der Waals surface area (Å²) in [5, 5.41) is 0. The van der Waals surface area contributed by atoms with Crippen molar-refractivity contribution in [2.45, 2.75) is 19.9 Å². The lowest BCUT2D eigenvalue weighted by Gasteiger charge is -2.17. The van der Waals surface area contributed by atoms with Crippen LogP contribution < -0.4 is 4.72 Å². The Kier molecular flexibility index (Phi) is 8.26. The minimum Gasteiger partial charge on any atom is -0.302 e. The molecule has 0 aliphatic carbocycles. The molecule has 4 nitrogen and oxygen atoms in total. The van der Waals surface area contributed by atoms with Crippen LogP contribution in [0.25, 0.3) is 0 Å². The average molecular weight is 333 g/mol. The molecule has 0 amide bonds. The molecule has 6 heteroatoms. The van der Waals surface area contributed by atoms with Crippen LogP contribution in [0.5, 0.6) is 0 Å². The Morgan fingerprint density at radius 3 is 2.57 bits per heavy atom. The summed E-state index contributed by atoms with van der Waals surface area (Å²) < 4.78 is 26.1. The summed E-state index contributed by atoms with van der Waals surface area (Å²) in [6.45, 7) is 4.02. The molecule has 0 saturated carbocycles. The molecule has 1 aromatic carbocycles. The molecule has 0 fully saturated rings. The van der Waals surface area contributed by atoms with E-state index in [9.17, 15) is 8.42 Å². The van der Waals surface area contributed by atoms with E-state index in [2.05, 4.69) is 21.8 Å². The zero-order chi connectivity index (χ0) is 15.7. The second kappa shape index (κ2) is 9.41. The number of hydrogen-bond donors (Lipinski definition) is 1. The van der Waals surface area contributed by atoms with E-state index in [4.69, 9.17) is 11.6 Å². The average Bonchev–Trinajstić information content (AvgIpc) is 2.44. The third-order valence-electron chi connectivity index (χ3n) is 3.10. The van der Waals surface area contributed by atoms with Gasteiger partial charge in [-0.25, -0.2) is 13.1 Å². The van der Waals surface area contributed by atoms with Gasteiger partial charge in [-0.15, -0.1) is 11.6 Å². The van der Waals surface area contributed by atoms with Crippen molar-refractivity contribution in [3.8, 4) is 0 Å². The van der Waals surface area contributed by atoms with Gasteiger partial charge in [0, 0.05) is 19.0 Å². The van der Waals surface area contributed by atoms with Crippen molar-refractivity contribution in [3.05, 3.63) is 35.9 Å². The molecule has 0 aliphatic rings. The van der Waals surface area contributed by atoms with Crippen LogP contribution in [0.3, 0.4) is 0 Å². The van der Waals surface area contributed by atoms with E-state index in [0.717, 1.165) is 19.5 Å². The van der Waals surface area contributed by atoms with Crippen LogP contribution in [-0.4, -0.2) is 45.1 Å². The number of hydrogen-bond acceptors (Lipinski definition) is 3. The Morgan fingerprint density at radius 1 is 1.29 bits per heavy atom. The topological polar surface area (TPSA) is 49.4 Å². The summed E-state index contributed by atoms with van der Waals surface area (Å²) in [5.74, 6) is 0.432. The standard InChI is InChI=1S/C15H25ClN2O2S/c1-14(11-16)13-21(19,20)17-9-6-10-18(2)12-15-7-4-3-5-8-15/h3-5,7-8,14,17H,6,9-13H2,1-2H3. The summed E-state index contributed by atoms with van der Waals surface area (Å²) in [5.41, 5.74) is 1.26. The van der Waals surface area contributed by atoms with Crippen LogP contribution in [0.2, 0.25) is 0 Å². The van der Waals surface area contributed by atoms with Crippen molar-refractivity contribution < 1.29 is 8.42 Å². The molecule has 0 aromatic heterocycles. The van der Waals surface area contributed by atoms with Crippen molar-refractivity contribution in [3.63, 3.8) is 0 Å². The first-order chi connectivity index (χ1) is 9.93. The summed E-state index contributed by atoms with van der Waals surface area (Å²) >= 11 is 5.64. The van der Waals surface area contributed by atoms with E-state index in [1.807, 2.05) is 32.2 Å². The molecular formula is C15H25ClN2O2S. The lowest BCUT2D eigenvalue weighted by atomic mass is 10.2. The fraction of sp³-hybridized carbons (Fsp3) is 0.600. The van der Waals surface area contributed by atoms with Gasteiger partial charge in [-0.05, 0) is 31.5 Å². The fourth-order valence-electron chi connectivity index (χ4n) is 2.03. The zero-order valence-corrected chi connectivity index (χ0v) is 14.3. The first-order valence-corrected chi connectivity index (χ1v) is 9.37. The van der Waals surface area contributed by atoms with E-state index >= 15 is 0 Å². The van der Waals surface area contributed by atoms with Crippen molar-refractivity contribution in [1.82, 2.24) is 9.62 Å². The lowest BCUT2D eigenvalue weighted by molar-refractivity contribution is 0.322. The molecule has 120 valence electrons. The monoisotopic (exact) mass is 332 g/mol. The lowest BCUT2D eigenvalue weighted by Crippen LogP contribution is -2.32. The molecule has 1 unspecified atom stereocenters. The van der Waals surface area contributed by atoms with Gasteiger partial charge < -0.3 is 4.90 Å². The summed E-state index contributed by atoms with van der Waals surface area (Å²) in [6.07, 6.45) is 0.790. The van der Waals surface area contributed by atoms with Gasteiger partial charge in [0.25, 0.3) is 0 Å². The fourth-order valence-corrected chi connectivity index (χ4v) is 3.71. The molecule has 1 N–H and O–H groups in total. The van der Waals surface area contributed by atoms with Crippen LogP contribution >= 0.6 is 11.6 Å². The smallest absolute Gasteiger partial charge is 0.211 e. The number of alkyl halides is 1. The number of nitrogens with one attached hydrogen (secondary N) is 1. The molecule has 0 saturated heterocycles. The SMILES string of the molecule is CC(CCl)CS(=O)(=O)NCCCN(C)Cc1ccccc1. The Balaban J connectivity index is 2.21. The third-order valence-corrected chi connectivity index (χ3v) is 5.28. The van der Waals surface area contributed by atoms with Crippen LogP contribution in [0, 0.1) is 5.92 Å². The number of rotatable bonds is 10. The Bertz CT molecular complexity index is 494. The molecule has 0 bridgehead atoms. The molecule has 0 heterocycles. The molecule has 1 aromatic rings. The number of nitrogens with zero attached hydrogens (tertiary/aromatic N) is 1. The second-order valence-corrected chi connectivity index (χ2v) is 7.67. The first-order valence-electron chi connectivity index (χ1n) is 7.18. The number of benzene rings is 1. The van der Waals surface area contributed by atoms with Crippen LogP contribution in [-0.2, 0) is 16.6 Å². The maximum atomic E-state index is 11.8. The molecule has 0 spiro atoms. The highest BCUT2D eigenvalue weighted by Gasteiger charge is 2.14. The van der Waals surface area contributed by atoms with Crippen molar-refractivity contribution in [2.75, 3.05) is 31.8 Å². The minimum atomic E-state index is -3.20. The summed E-state index contributed by atoms with van der Waals surface area (Å²) in [6, 6.07) is 10.2. The van der Waals surface area contributed by atoms with Crippen LogP contribution in [0.15, 0.2) is 30.3 Å². The van der Waals surface area contributed by atoms with Gasteiger partial charge in [-0.3, -0.25) is 0 Å². The van der Waals surface area contributed by atoms with E-state index in [1.165, 1.54) is 5.56 Å². The van der Waals surface area contributed by atoms with Crippen molar-refractivity contribution in [1.29, 1.82) is 0 Å². The first kappa shape index (κ1) is 18.4. The zero-order valence-electron chi connectivity index (χ0n) is 12.8. The summed E-state index contributed by atoms with van der Waals surface area (Å²) in [7, 11) is -1.16. The van der Waals surface area contributed by atoms with E-state index in [1.54, 1.807) is 0 Å². The Morgan fingerprint density at radius 2 is 1.95 bits per heavy atom. The Labute approximate surface area is 133 Å². The molecule has 21 heavy (non-hydrogen) atoms. The molecule has 0 aliphatic heterocycles. The van der Waals surface area contributed by atoms with Gasteiger partial charge in [0.15, 0.2) is 0 Å². The van der Waals surface area contributed by atoms with Gasteiger partial charge >= 0.3 is 0 Å². The van der Waals surface area contributed by atoms with Crippen LogP contribution in [0.4, 0.5) is 0 Å². The minimum absolute atomic E-state index is 0.0232. The number of halogens is 1. The van der Waals surface area contributed by atoms with E-state index in [0.29, 0.717) is 12.4 Å². The second-order valence-electron chi connectivity index (χ2n) is 5.51. The largest absolute Gasteiger partial charge is 0.302 e. The summed E-state index contributed by atoms with van der Waals surface area (Å²) in [4.78, 5) is 2.19. The van der Waals surface area contributed by atoms with Crippen molar-refractivity contribution >= 4 is 21.6 Å². The van der Waals surface area contributed by atoms with Crippen molar-refractivity contribution in [2.24, 2.45) is 5.92 Å². The Hall–Kier alpha value is -0.620. The van der Waals surface area contributed by atoms with Gasteiger partial charge in [0.1, 0.15) is 0 Å². The highest BCUT2D eigenvalue weighted by molar-refractivity contribution is 7.89. The number of sulfonamides is 1.